The second-order valence-corrected chi connectivity index (χ2v) is 6.31. The fraction of sp³-hybridized carbons (Fsp3) is 0.250. The Morgan fingerprint density at radius 2 is 1.79 bits per heavy atom. The van der Waals surface area contributed by atoms with E-state index in [1.165, 1.54) is 44.5 Å². The third-order valence-electron chi connectivity index (χ3n) is 4.66. The standard InChI is InChI=1S/C24H28/c1-7-20-13-14-22(16-18(20)5)24(9-3)19(6)23(8-2)21-12-10-11-17(4)15-21/h8-16H,3,7H2,1-2,4-6H3/b23-8+,24-19+. The van der Waals surface area contributed by atoms with Gasteiger partial charge in [-0.25, -0.2) is 0 Å². The molecule has 0 aliphatic rings. The molecule has 24 heavy (non-hydrogen) atoms. The molecule has 0 spiro atoms. The minimum absolute atomic E-state index is 1.07. The molecule has 0 aliphatic heterocycles. The van der Waals surface area contributed by atoms with Crippen LogP contribution in [-0.4, -0.2) is 0 Å². The van der Waals surface area contributed by atoms with Crippen molar-refractivity contribution >= 4 is 11.1 Å². The third kappa shape index (κ3) is 3.76. The minimum atomic E-state index is 1.07. The SMILES string of the molecule is C=C/C(=C(C)\C(=C/C)c1cccc(C)c1)c1ccc(CC)c(C)c1. The molecule has 0 saturated heterocycles. The molecule has 2 aromatic carbocycles. The molecular formula is C24H28. The van der Waals surface area contributed by atoms with E-state index in [0.29, 0.717) is 0 Å². The predicted octanol–water partition coefficient (Wildman–Crippen LogP) is 6.93. The molecule has 0 aromatic heterocycles. The van der Waals surface area contributed by atoms with Gasteiger partial charge in [-0.3, -0.25) is 0 Å². The highest BCUT2D eigenvalue weighted by atomic mass is 14.1. The molecule has 0 unspecified atom stereocenters. The Labute approximate surface area is 147 Å². The summed E-state index contributed by atoms with van der Waals surface area (Å²) >= 11 is 0. The summed E-state index contributed by atoms with van der Waals surface area (Å²) in [6.07, 6.45) is 5.25. The van der Waals surface area contributed by atoms with Gasteiger partial charge in [0.05, 0.1) is 0 Å². The maximum absolute atomic E-state index is 4.07. The lowest BCUT2D eigenvalue weighted by molar-refractivity contribution is 1.11. The number of hydrogen-bond acceptors (Lipinski definition) is 0. The molecule has 0 fully saturated rings. The van der Waals surface area contributed by atoms with Crippen LogP contribution in [0.15, 0.2) is 66.8 Å². The first kappa shape index (κ1) is 18.0. The molecular weight excluding hydrogens is 288 g/mol. The highest BCUT2D eigenvalue weighted by molar-refractivity contribution is 5.92. The van der Waals surface area contributed by atoms with Crippen molar-refractivity contribution in [2.75, 3.05) is 0 Å². The van der Waals surface area contributed by atoms with E-state index < -0.39 is 0 Å². The van der Waals surface area contributed by atoms with Crippen molar-refractivity contribution in [2.45, 2.75) is 41.0 Å². The van der Waals surface area contributed by atoms with Gasteiger partial charge in [-0.2, -0.15) is 0 Å². The molecule has 0 nitrogen and oxygen atoms in total. The number of aryl methyl sites for hydroxylation is 3. The van der Waals surface area contributed by atoms with Crippen LogP contribution >= 0.6 is 0 Å². The van der Waals surface area contributed by atoms with E-state index in [0.717, 1.165) is 6.42 Å². The average Bonchev–Trinajstić information content (AvgIpc) is 2.56. The first-order valence-corrected chi connectivity index (χ1v) is 8.68. The van der Waals surface area contributed by atoms with Crippen LogP contribution in [0.4, 0.5) is 0 Å². The zero-order valence-electron chi connectivity index (χ0n) is 15.6. The Kier molecular flexibility index (Phi) is 5.98. The Hall–Kier alpha value is -2.34. The molecule has 124 valence electrons. The largest absolute Gasteiger partial charge is 0.0984 e. The highest BCUT2D eigenvalue weighted by Gasteiger charge is 2.10. The molecule has 2 aromatic rings. The molecule has 0 bridgehead atoms. The van der Waals surface area contributed by atoms with Crippen molar-refractivity contribution < 1.29 is 0 Å². The number of benzene rings is 2. The van der Waals surface area contributed by atoms with Crippen LogP contribution in [0, 0.1) is 13.8 Å². The Balaban J connectivity index is 2.56. The lowest BCUT2D eigenvalue weighted by Gasteiger charge is -2.15. The van der Waals surface area contributed by atoms with Gasteiger partial charge in [0, 0.05) is 0 Å². The van der Waals surface area contributed by atoms with Crippen LogP contribution in [0.3, 0.4) is 0 Å². The van der Waals surface area contributed by atoms with E-state index in [1.807, 2.05) is 6.08 Å². The Bertz CT molecular complexity index is 801. The molecule has 0 atom stereocenters. The van der Waals surface area contributed by atoms with Crippen LogP contribution in [0.2, 0.25) is 0 Å². The van der Waals surface area contributed by atoms with Gasteiger partial charge < -0.3 is 0 Å². The Morgan fingerprint density at radius 1 is 1.04 bits per heavy atom. The normalized spacial score (nSPS) is 12.8. The smallest absolute Gasteiger partial charge is 0.0154 e. The van der Waals surface area contributed by atoms with Crippen LogP contribution in [0.25, 0.3) is 11.1 Å². The zero-order chi connectivity index (χ0) is 17.7. The topological polar surface area (TPSA) is 0 Å². The molecule has 0 heterocycles. The lowest BCUT2D eigenvalue weighted by atomic mass is 9.89. The summed E-state index contributed by atoms with van der Waals surface area (Å²) < 4.78 is 0. The molecule has 0 N–H and O–H groups in total. The van der Waals surface area contributed by atoms with Crippen LogP contribution in [0.1, 0.15) is 48.6 Å². The molecule has 0 saturated carbocycles. The van der Waals surface area contributed by atoms with Gasteiger partial charge in [0.15, 0.2) is 0 Å². The van der Waals surface area contributed by atoms with Crippen molar-refractivity contribution in [3.63, 3.8) is 0 Å². The van der Waals surface area contributed by atoms with Crippen LogP contribution in [-0.2, 0) is 6.42 Å². The molecule has 0 radical (unpaired) electrons. The monoisotopic (exact) mass is 316 g/mol. The summed E-state index contributed by atoms with van der Waals surface area (Å²) in [5.74, 6) is 0. The molecule has 0 amide bonds. The van der Waals surface area contributed by atoms with Gasteiger partial charge >= 0.3 is 0 Å². The van der Waals surface area contributed by atoms with Crippen LogP contribution < -0.4 is 0 Å². The van der Waals surface area contributed by atoms with E-state index >= 15 is 0 Å². The van der Waals surface area contributed by atoms with Gasteiger partial charge in [0.25, 0.3) is 0 Å². The number of allylic oxidation sites excluding steroid dienone is 5. The molecule has 2 rings (SSSR count). The van der Waals surface area contributed by atoms with E-state index in [1.54, 1.807) is 0 Å². The predicted molar refractivity (Wildman–Crippen MR) is 108 cm³/mol. The second kappa shape index (κ2) is 7.97. The van der Waals surface area contributed by atoms with E-state index in [2.05, 4.69) is 89.7 Å². The number of rotatable bonds is 5. The number of hydrogen-bond donors (Lipinski definition) is 0. The average molecular weight is 316 g/mol. The molecule has 0 aliphatic carbocycles. The third-order valence-corrected chi connectivity index (χ3v) is 4.66. The maximum atomic E-state index is 4.07. The van der Waals surface area contributed by atoms with Gasteiger partial charge in [0.1, 0.15) is 0 Å². The summed E-state index contributed by atoms with van der Waals surface area (Å²) in [5, 5.41) is 0. The highest BCUT2D eigenvalue weighted by Crippen LogP contribution is 2.31. The fourth-order valence-corrected chi connectivity index (χ4v) is 3.30. The quantitative estimate of drug-likeness (QED) is 0.525. The van der Waals surface area contributed by atoms with Crippen molar-refractivity contribution in [2.24, 2.45) is 0 Å². The Morgan fingerprint density at radius 3 is 2.33 bits per heavy atom. The van der Waals surface area contributed by atoms with Crippen molar-refractivity contribution in [1.82, 2.24) is 0 Å². The van der Waals surface area contributed by atoms with Gasteiger partial charge in [0.2, 0.25) is 0 Å². The summed E-state index contributed by atoms with van der Waals surface area (Å²) in [6, 6.07) is 15.4. The summed E-state index contributed by atoms with van der Waals surface area (Å²) in [4.78, 5) is 0. The summed E-state index contributed by atoms with van der Waals surface area (Å²) in [7, 11) is 0. The van der Waals surface area contributed by atoms with Gasteiger partial charge in [-0.05, 0) is 73.1 Å². The summed E-state index contributed by atoms with van der Waals surface area (Å²) in [5.41, 5.74) is 10.3. The first-order chi connectivity index (χ1) is 11.5. The van der Waals surface area contributed by atoms with Gasteiger partial charge in [-0.1, -0.05) is 73.7 Å². The van der Waals surface area contributed by atoms with Crippen molar-refractivity contribution in [3.05, 3.63) is 94.6 Å². The van der Waals surface area contributed by atoms with E-state index in [4.69, 9.17) is 0 Å². The van der Waals surface area contributed by atoms with E-state index in [-0.39, 0.29) is 0 Å². The molecule has 0 heteroatoms. The van der Waals surface area contributed by atoms with E-state index in [9.17, 15) is 0 Å². The van der Waals surface area contributed by atoms with Crippen LogP contribution in [0.5, 0.6) is 0 Å². The second-order valence-electron chi connectivity index (χ2n) is 6.31. The summed E-state index contributed by atoms with van der Waals surface area (Å²) in [6.45, 7) is 14.9. The lowest BCUT2D eigenvalue weighted by Crippen LogP contribution is -1.94. The van der Waals surface area contributed by atoms with Gasteiger partial charge in [-0.15, -0.1) is 0 Å². The maximum Gasteiger partial charge on any atom is -0.0154 e. The van der Waals surface area contributed by atoms with Crippen molar-refractivity contribution in [3.8, 4) is 0 Å². The fourth-order valence-electron chi connectivity index (χ4n) is 3.30. The zero-order valence-corrected chi connectivity index (χ0v) is 15.6. The first-order valence-electron chi connectivity index (χ1n) is 8.68. The minimum Gasteiger partial charge on any atom is -0.0984 e. The van der Waals surface area contributed by atoms with Crippen molar-refractivity contribution in [1.29, 1.82) is 0 Å².